The number of aryl methyl sites for hydroxylation is 1. The summed E-state index contributed by atoms with van der Waals surface area (Å²) in [6.45, 7) is 3.09. The molecule has 2 aromatic carbocycles. The molecule has 2 N–H and O–H groups in total. The molecular weight excluding hydrogens is 461 g/mol. The molecule has 0 bridgehead atoms. The van der Waals surface area contributed by atoms with Crippen molar-refractivity contribution in [3.63, 3.8) is 0 Å². The van der Waals surface area contributed by atoms with Crippen LogP contribution in [0.4, 0.5) is 18.9 Å². The second kappa shape index (κ2) is 9.36. The van der Waals surface area contributed by atoms with Gasteiger partial charge in [0, 0.05) is 18.2 Å². The number of nitrogens with zero attached hydrogens (tertiary/aromatic N) is 2. The van der Waals surface area contributed by atoms with E-state index in [9.17, 15) is 27.6 Å². The molecular formula is C25H23F3N4O3. The summed E-state index contributed by atoms with van der Waals surface area (Å²) in [6.07, 6.45) is -2.76. The molecule has 182 valence electrons. The van der Waals surface area contributed by atoms with E-state index in [0.29, 0.717) is 11.3 Å². The van der Waals surface area contributed by atoms with Crippen LogP contribution in [0.2, 0.25) is 0 Å². The van der Waals surface area contributed by atoms with Crippen LogP contribution in [-0.2, 0) is 22.3 Å². The first-order valence-corrected chi connectivity index (χ1v) is 11.0. The summed E-state index contributed by atoms with van der Waals surface area (Å²) in [4.78, 5) is 37.4. The topological polar surface area (TPSA) is 93.1 Å². The predicted molar refractivity (Wildman–Crippen MR) is 122 cm³/mol. The second-order valence-electron chi connectivity index (χ2n) is 8.48. The molecule has 4 rings (SSSR count). The molecule has 0 spiro atoms. The highest BCUT2D eigenvalue weighted by atomic mass is 19.4. The van der Waals surface area contributed by atoms with Crippen molar-refractivity contribution in [3.05, 3.63) is 76.6 Å². The Morgan fingerprint density at radius 2 is 1.77 bits per heavy atom. The van der Waals surface area contributed by atoms with Crippen LogP contribution in [0, 0.1) is 19.8 Å². The van der Waals surface area contributed by atoms with Gasteiger partial charge in [0.05, 0.1) is 28.2 Å². The standard InChI is InChI=1S/C25H23F3N4O3/c1-14-21(15(2)32(31-14)20-8-4-6-18(12-20)25(26,27)28)22(33)24(35)29-13-16-5-3-7-19(11-16)30-23(34)17-9-10-17/h3-8,11-12,17H,9-10,13H2,1-2H3,(H,29,35)(H,30,34). The van der Waals surface area contributed by atoms with Crippen molar-refractivity contribution in [3.8, 4) is 5.69 Å². The number of carbonyl (C=O) groups is 3. The molecule has 0 aliphatic heterocycles. The lowest BCUT2D eigenvalue weighted by Crippen LogP contribution is -2.31. The lowest BCUT2D eigenvalue weighted by atomic mass is 10.1. The Hall–Kier alpha value is -3.95. The van der Waals surface area contributed by atoms with Gasteiger partial charge in [-0.25, -0.2) is 4.68 Å². The fourth-order valence-corrected chi connectivity index (χ4v) is 3.76. The molecule has 1 heterocycles. The molecule has 1 aromatic heterocycles. The number of amides is 2. The van der Waals surface area contributed by atoms with Crippen LogP contribution in [0.15, 0.2) is 48.5 Å². The zero-order valence-corrected chi connectivity index (χ0v) is 19.1. The summed E-state index contributed by atoms with van der Waals surface area (Å²) < 4.78 is 40.5. The highest BCUT2D eigenvalue weighted by molar-refractivity contribution is 6.43. The Labute approximate surface area is 199 Å². The highest BCUT2D eigenvalue weighted by Gasteiger charge is 2.31. The zero-order chi connectivity index (χ0) is 25.3. The summed E-state index contributed by atoms with van der Waals surface area (Å²) in [5, 5.41) is 9.58. The minimum absolute atomic E-state index is 0.0327. The lowest BCUT2D eigenvalue weighted by Gasteiger charge is -2.10. The van der Waals surface area contributed by atoms with Crippen LogP contribution >= 0.6 is 0 Å². The predicted octanol–water partition coefficient (Wildman–Crippen LogP) is 4.36. The largest absolute Gasteiger partial charge is 0.416 e. The maximum atomic E-state index is 13.1. The molecule has 1 aliphatic rings. The molecule has 7 nitrogen and oxygen atoms in total. The number of nitrogens with one attached hydrogen (secondary N) is 2. The second-order valence-corrected chi connectivity index (χ2v) is 8.48. The number of hydrogen-bond acceptors (Lipinski definition) is 4. The smallest absolute Gasteiger partial charge is 0.345 e. The number of anilines is 1. The molecule has 2 amide bonds. The summed E-state index contributed by atoms with van der Waals surface area (Å²) >= 11 is 0. The van der Waals surface area contributed by atoms with Gasteiger partial charge < -0.3 is 10.6 Å². The van der Waals surface area contributed by atoms with Gasteiger partial charge in [0.25, 0.3) is 11.7 Å². The van der Waals surface area contributed by atoms with Gasteiger partial charge in [-0.15, -0.1) is 0 Å². The summed E-state index contributed by atoms with van der Waals surface area (Å²) in [6, 6.07) is 11.5. The third-order valence-corrected chi connectivity index (χ3v) is 5.74. The minimum Gasteiger partial charge on any atom is -0.345 e. The third kappa shape index (κ3) is 5.42. The monoisotopic (exact) mass is 484 g/mol. The van der Waals surface area contributed by atoms with Gasteiger partial charge in [0.1, 0.15) is 0 Å². The van der Waals surface area contributed by atoms with Crippen LogP contribution < -0.4 is 10.6 Å². The van der Waals surface area contributed by atoms with Gasteiger partial charge in [0.2, 0.25) is 5.91 Å². The number of alkyl halides is 3. The van der Waals surface area contributed by atoms with E-state index in [2.05, 4.69) is 15.7 Å². The van der Waals surface area contributed by atoms with Gasteiger partial charge in [0.15, 0.2) is 0 Å². The Morgan fingerprint density at radius 3 is 2.46 bits per heavy atom. The van der Waals surface area contributed by atoms with E-state index in [-0.39, 0.29) is 41.0 Å². The van der Waals surface area contributed by atoms with E-state index in [1.165, 1.54) is 30.7 Å². The van der Waals surface area contributed by atoms with Crippen LogP contribution in [0.5, 0.6) is 0 Å². The Bertz CT molecular complexity index is 1310. The van der Waals surface area contributed by atoms with E-state index in [1.54, 1.807) is 24.3 Å². The molecule has 10 heteroatoms. The van der Waals surface area contributed by atoms with Crippen molar-refractivity contribution < 1.29 is 27.6 Å². The van der Waals surface area contributed by atoms with Crippen LogP contribution in [-0.4, -0.2) is 27.4 Å². The normalized spacial score (nSPS) is 13.4. The number of carbonyl (C=O) groups excluding carboxylic acids is 3. The van der Waals surface area contributed by atoms with Crippen molar-refractivity contribution in [1.82, 2.24) is 15.1 Å². The first-order valence-electron chi connectivity index (χ1n) is 11.0. The summed E-state index contributed by atoms with van der Waals surface area (Å²) in [5.41, 5.74) is 1.09. The molecule has 1 fully saturated rings. The lowest BCUT2D eigenvalue weighted by molar-refractivity contribution is -0.137. The maximum absolute atomic E-state index is 13.1. The minimum atomic E-state index is -4.53. The SMILES string of the molecule is Cc1nn(-c2cccc(C(F)(F)F)c2)c(C)c1C(=O)C(=O)NCc1cccc(NC(=O)C2CC2)c1. The van der Waals surface area contributed by atoms with Crippen molar-refractivity contribution in [2.75, 3.05) is 5.32 Å². The fourth-order valence-electron chi connectivity index (χ4n) is 3.76. The zero-order valence-electron chi connectivity index (χ0n) is 19.1. The molecule has 3 aromatic rings. The van der Waals surface area contributed by atoms with E-state index in [1.807, 2.05) is 0 Å². The van der Waals surface area contributed by atoms with E-state index in [4.69, 9.17) is 0 Å². The van der Waals surface area contributed by atoms with Gasteiger partial charge >= 0.3 is 6.18 Å². The Morgan fingerprint density at radius 1 is 1.06 bits per heavy atom. The van der Waals surface area contributed by atoms with Crippen LogP contribution in [0.25, 0.3) is 5.69 Å². The number of aromatic nitrogens is 2. The molecule has 0 unspecified atom stereocenters. The number of hydrogen-bond donors (Lipinski definition) is 2. The molecule has 35 heavy (non-hydrogen) atoms. The fraction of sp³-hybridized carbons (Fsp3) is 0.280. The first kappa shape index (κ1) is 24.2. The molecule has 0 atom stereocenters. The first-order chi connectivity index (χ1) is 16.5. The number of halogens is 3. The number of rotatable bonds is 7. The van der Waals surface area contributed by atoms with E-state index >= 15 is 0 Å². The average molecular weight is 484 g/mol. The van der Waals surface area contributed by atoms with Gasteiger partial charge in [-0.1, -0.05) is 18.2 Å². The van der Waals surface area contributed by atoms with Crippen molar-refractivity contribution >= 4 is 23.3 Å². The summed E-state index contributed by atoms with van der Waals surface area (Å²) in [5.74, 6) is -1.69. The molecule has 0 saturated heterocycles. The van der Waals surface area contributed by atoms with Crippen molar-refractivity contribution in [1.29, 1.82) is 0 Å². The van der Waals surface area contributed by atoms with Crippen LogP contribution in [0.3, 0.4) is 0 Å². The number of Topliss-reactive ketones (excluding diaryl/α,β-unsaturated/α-hetero) is 1. The highest BCUT2D eigenvalue weighted by Crippen LogP contribution is 2.31. The Kier molecular flexibility index (Phi) is 6.47. The molecule has 1 aliphatic carbocycles. The van der Waals surface area contributed by atoms with E-state index in [0.717, 1.165) is 25.0 Å². The number of benzene rings is 2. The quantitative estimate of drug-likeness (QED) is 0.385. The number of ketones is 1. The van der Waals surface area contributed by atoms with Crippen LogP contribution in [0.1, 0.15) is 45.7 Å². The van der Waals surface area contributed by atoms with Gasteiger partial charge in [-0.2, -0.15) is 18.3 Å². The van der Waals surface area contributed by atoms with Gasteiger partial charge in [-0.05, 0) is 62.6 Å². The maximum Gasteiger partial charge on any atom is 0.416 e. The average Bonchev–Trinajstić information content (AvgIpc) is 3.62. The Balaban J connectivity index is 1.47. The van der Waals surface area contributed by atoms with Gasteiger partial charge in [-0.3, -0.25) is 14.4 Å². The van der Waals surface area contributed by atoms with E-state index < -0.39 is 23.4 Å². The van der Waals surface area contributed by atoms with Crippen molar-refractivity contribution in [2.24, 2.45) is 5.92 Å². The molecule has 1 saturated carbocycles. The molecule has 0 radical (unpaired) electrons. The third-order valence-electron chi connectivity index (χ3n) is 5.74. The van der Waals surface area contributed by atoms with Crippen molar-refractivity contribution in [2.45, 2.75) is 39.4 Å². The summed E-state index contributed by atoms with van der Waals surface area (Å²) in [7, 11) is 0.